The molecule has 2 unspecified atom stereocenters. The van der Waals surface area contributed by atoms with Crippen molar-refractivity contribution < 1.29 is 0 Å². The van der Waals surface area contributed by atoms with Gasteiger partial charge in [-0.3, -0.25) is 0 Å². The molecule has 17 heavy (non-hydrogen) atoms. The Labute approximate surface area is 107 Å². The molecule has 2 rings (SSSR count). The summed E-state index contributed by atoms with van der Waals surface area (Å²) in [6.07, 6.45) is 2.39. The van der Waals surface area contributed by atoms with E-state index in [1.54, 1.807) is 0 Å². The summed E-state index contributed by atoms with van der Waals surface area (Å²) >= 11 is 5.10. The van der Waals surface area contributed by atoms with Gasteiger partial charge in [0.15, 0.2) is 5.82 Å². The van der Waals surface area contributed by atoms with E-state index in [1.807, 2.05) is 13.8 Å². The molecular formula is C12H18N4S. The highest BCUT2D eigenvalue weighted by molar-refractivity contribution is 7.80. The lowest BCUT2D eigenvalue weighted by Gasteiger charge is -2.12. The predicted octanol–water partition coefficient (Wildman–Crippen LogP) is 1.94. The average Bonchev–Trinajstić information content (AvgIpc) is 3.01. The maximum absolute atomic E-state index is 5.77. The molecule has 4 nitrogen and oxygen atoms in total. The van der Waals surface area contributed by atoms with Gasteiger partial charge in [-0.05, 0) is 31.7 Å². The van der Waals surface area contributed by atoms with Crippen LogP contribution < -0.4 is 11.1 Å². The third-order valence-electron chi connectivity index (χ3n) is 3.47. The molecule has 1 fully saturated rings. The molecule has 0 amide bonds. The van der Waals surface area contributed by atoms with Gasteiger partial charge in [-0.15, -0.1) is 5.10 Å². The quantitative estimate of drug-likeness (QED) is 0.800. The van der Waals surface area contributed by atoms with Gasteiger partial charge in [0.2, 0.25) is 0 Å². The van der Waals surface area contributed by atoms with Crippen molar-refractivity contribution in [1.29, 1.82) is 0 Å². The summed E-state index contributed by atoms with van der Waals surface area (Å²) in [5.41, 5.74) is 8.51. The highest BCUT2D eigenvalue weighted by Gasteiger charge is 2.36. The summed E-state index contributed by atoms with van der Waals surface area (Å²) in [7, 11) is 0. The van der Waals surface area contributed by atoms with Crippen LogP contribution in [0, 0.1) is 19.8 Å². The van der Waals surface area contributed by atoms with E-state index in [1.165, 1.54) is 12.8 Å². The molecule has 0 aromatic carbocycles. The van der Waals surface area contributed by atoms with Crippen molar-refractivity contribution in [1.82, 2.24) is 10.2 Å². The minimum atomic E-state index is 0.386. The molecule has 1 saturated carbocycles. The van der Waals surface area contributed by atoms with Gasteiger partial charge in [-0.2, -0.15) is 5.10 Å². The monoisotopic (exact) mass is 250 g/mol. The lowest BCUT2D eigenvalue weighted by molar-refractivity contribution is 0.771. The average molecular weight is 250 g/mol. The number of thiocarbonyl (C=S) groups is 1. The normalized spacial score (nSPS) is 22.3. The molecular weight excluding hydrogens is 232 g/mol. The van der Waals surface area contributed by atoms with Crippen molar-refractivity contribution in [3.05, 3.63) is 16.8 Å². The van der Waals surface area contributed by atoms with Gasteiger partial charge in [-0.1, -0.05) is 25.6 Å². The van der Waals surface area contributed by atoms with E-state index in [2.05, 4.69) is 22.4 Å². The number of hydrogen-bond donors (Lipinski definition) is 2. The Morgan fingerprint density at radius 2 is 2.18 bits per heavy atom. The Hall–Kier alpha value is -1.23. The summed E-state index contributed by atoms with van der Waals surface area (Å²) in [5.74, 6) is 1.49. The van der Waals surface area contributed by atoms with Gasteiger partial charge in [0.1, 0.15) is 4.99 Å². The van der Waals surface area contributed by atoms with Crippen molar-refractivity contribution in [2.45, 2.75) is 39.7 Å². The third kappa shape index (κ3) is 2.39. The van der Waals surface area contributed by atoms with Crippen LogP contribution >= 0.6 is 12.2 Å². The molecule has 0 saturated heterocycles. The van der Waals surface area contributed by atoms with Crippen LogP contribution in [0.25, 0.3) is 0 Å². The molecule has 1 aromatic rings. The van der Waals surface area contributed by atoms with E-state index in [0.717, 1.165) is 28.6 Å². The SMILES string of the molecule is CCC1CC1Nc1nnc(C)c(C)c1C(N)=S. The van der Waals surface area contributed by atoms with Gasteiger partial charge >= 0.3 is 0 Å². The fraction of sp³-hybridized carbons (Fsp3) is 0.583. The van der Waals surface area contributed by atoms with Crippen LogP contribution in [0.3, 0.4) is 0 Å². The van der Waals surface area contributed by atoms with Crippen molar-refractivity contribution >= 4 is 23.0 Å². The largest absolute Gasteiger partial charge is 0.389 e. The molecule has 0 aliphatic heterocycles. The summed E-state index contributed by atoms with van der Waals surface area (Å²) in [5, 5.41) is 11.7. The molecule has 1 heterocycles. The van der Waals surface area contributed by atoms with Crippen LogP contribution in [-0.2, 0) is 0 Å². The van der Waals surface area contributed by atoms with Crippen molar-refractivity contribution in [3.8, 4) is 0 Å². The maximum Gasteiger partial charge on any atom is 0.159 e. The summed E-state index contributed by atoms with van der Waals surface area (Å²) in [4.78, 5) is 0.386. The maximum atomic E-state index is 5.77. The zero-order valence-electron chi connectivity index (χ0n) is 10.4. The Morgan fingerprint density at radius 3 is 2.71 bits per heavy atom. The fourth-order valence-electron chi connectivity index (χ4n) is 2.06. The highest BCUT2D eigenvalue weighted by Crippen LogP contribution is 2.36. The Morgan fingerprint density at radius 1 is 1.47 bits per heavy atom. The predicted molar refractivity (Wildman–Crippen MR) is 73.2 cm³/mol. The van der Waals surface area contributed by atoms with Crippen molar-refractivity contribution in [3.63, 3.8) is 0 Å². The zero-order chi connectivity index (χ0) is 12.6. The van der Waals surface area contributed by atoms with Gasteiger partial charge in [-0.25, -0.2) is 0 Å². The Kier molecular flexibility index (Phi) is 3.28. The number of anilines is 1. The minimum absolute atomic E-state index is 0.386. The molecule has 5 heteroatoms. The molecule has 1 aliphatic carbocycles. The topological polar surface area (TPSA) is 63.8 Å². The second-order valence-electron chi connectivity index (χ2n) is 4.65. The van der Waals surface area contributed by atoms with E-state index in [9.17, 15) is 0 Å². The van der Waals surface area contributed by atoms with Crippen LogP contribution in [0.15, 0.2) is 0 Å². The van der Waals surface area contributed by atoms with E-state index < -0.39 is 0 Å². The van der Waals surface area contributed by atoms with E-state index in [-0.39, 0.29) is 0 Å². The smallest absolute Gasteiger partial charge is 0.159 e. The lowest BCUT2D eigenvalue weighted by atomic mass is 10.1. The van der Waals surface area contributed by atoms with Crippen molar-refractivity contribution in [2.24, 2.45) is 11.7 Å². The van der Waals surface area contributed by atoms with Gasteiger partial charge in [0.05, 0.1) is 11.3 Å². The van der Waals surface area contributed by atoms with E-state index in [0.29, 0.717) is 11.0 Å². The van der Waals surface area contributed by atoms with Crippen LogP contribution in [0.4, 0.5) is 5.82 Å². The van der Waals surface area contributed by atoms with Crippen molar-refractivity contribution in [2.75, 3.05) is 5.32 Å². The van der Waals surface area contributed by atoms with Gasteiger partial charge in [0, 0.05) is 6.04 Å². The first-order chi connectivity index (χ1) is 8.04. The molecule has 3 N–H and O–H groups in total. The molecule has 0 bridgehead atoms. The van der Waals surface area contributed by atoms with Crippen LogP contribution in [0.5, 0.6) is 0 Å². The van der Waals surface area contributed by atoms with Crippen LogP contribution in [-0.4, -0.2) is 21.2 Å². The molecule has 1 aliphatic rings. The fourth-order valence-corrected chi connectivity index (χ4v) is 2.31. The minimum Gasteiger partial charge on any atom is -0.389 e. The third-order valence-corrected chi connectivity index (χ3v) is 3.67. The molecule has 0 radical (unpaired) electrons. The molecule has 92 valence electrons. The number of nitrogens with zero attached hydrogens (tertiary/aromatic N) is 2. The Balaban J connectivity index is 2.27. The number of hydrogen-bond acceptors (Lipinski definition) is 4. The number of rotatable bonds is 4. The van der Waals surface area contributed by atoms with E-state index in [4.69, 9.17) is 18.0 Å². The van der Waals surface area contributed by atoms with Gasteiger partial charge < -0.3 is 11.1 Å². The number of aryl methyl sites for hydroxylation is 1. The Bertz CT molecular complexity index is 458. The summed E-state index contributed by atoms with van der Waals surface area (Å²) < 4.78 is 0. The van der Waals surface area contributed by atoms with E-state index >= 15 is 0 Å². The first-order valence-corrected chi connectivity index (χ1v) is 6.35. The molecule has 0 spiro atoms. The van der Waals surface area contributed by atoms with Crippen LogP contribution in [0.2, 0.25) is 0 Å². The standard InChI is InChI=1S/C12H18N4S/c1-4-8-5-9(8)14-12-10(11(13)17)6(2)7(3)15-16-12/h8-9H,4-5H2,1-3H3,(H2,13,17)(H,14,16). The number of aromatic nitrogens is 2. The summed E-state index contributed by atoms with van der Waals surface area (Å²) in [6, 6.07) is 0.504. The second-order valence-corrected chi connectivity index (χ2v) is 5.09. The molecule has 1 aromatic heterocycles. The summed E-state index contributed by atoms with van der Waals surface area (Å²) in [6.45, 7) is 6.10. The number of nitrogens with one attached hydrogen (secondary N) is 1. The molecule has 2 atom stereocenters. The van der Waals surface area contributed by atoms with Crippen LogP contribution in [0.1, 0.15) is 36.6 Å². The lowest BCUT2D eigenvalue weighted by Crippen LogP contribution is -2.19. The first-order valence-electron chi connectivity index (χ1n) is 5.94. The first kappa shape index (κ1) is 12.2. The number of nitrogens with two attached hydrogens (primary N) is 1. The second kappa shape index (κ2) is 4.56. The van der Waals surface area contributed by atoms with Gasteiger partial charge in [0.25, 0.3) is 0 Å². The highest BCUT2D eigenvalue weighted by atomic mass is 32.1. The zero-order valence-corrected chi connectivity index (χ0v) is 11.3.